The molecule has 0 aliphatic heterocycles. The maximum absolute atomic E-state index is 4.15. The van der Waals surface area contributed by atoms with E-state index in [2.05, 4.69) is 60.6 Å². The van der Waals surface area contributed by atoms with E-state index in [0.717, 1.165) is 31.6 Å². The zero-order valence-electron chi connectivity index (χ0n) is 12.7. The molecule has 4 nitrogen and oxygen atoms in total. The van der Waals surface area contributed by atoms with E-state index in [1.165, 1.54) is 12.0 Å². The zero-order valence-corrected chi connectivity index (χ0v) is 12.7. The summed E-state index contributed by atoms with van der Waals surface area (Å²) in [6.45, 7) is 7.71. The van der Waals surface area contributed by atoms with Gasteiger partial charge in [0, 0.05) is 13.0 Å². The molecule has 0 spiro atoms. The Kier molecular flexibility index (Phi) is 4.88. The summed E-state index contributed by atoms with van der Waals surface area (Å²) in [4.78, 5) is 0. The van der Waals surface area contributed by atoms with Crippen molar-refractivity contribution >= 4 is 0 Å². The highest BCUT2D eigenvalue weighted by atomic mass is 15.5. The van der Waals surface area contributed by atoms with Gasteiger partial charge in [0.05, 0.1) is 0 Å². The van der Waals surface area contributed by atoms with Crippen molar-refractivity contribution in [1.82, 2.24) is 20.2 Å². The molecular weight excluding hydrogens is 248 g/mol. The molecule has 0 amide bonds. The first-order chi connectivity index (χ1) is 9.54. The fourth-order valence-electron chi connectivity index (χ4n) is 2.24. The van der Waals surface area contributed by atoms with E-state index in [-0.39, 0.29) is 0 Å². The molecule has 1 aromatic carbocycles. The predicted octanol–water partition coefficient (Wildman–Crippen LogP) is 3.28. The van der Waals surface area contributed by atoms with Gasteiger partial charge in [-0.05, 0) is 40.7 Å². The summed E-state index contributed by atoms with van der Waals surface area (Å²) in [7, 11) is 0. The van der Waals surface area contributed by atoms with E-state index in [1.54, 1.807) is 0 Å². The van der Waals surface area contributed by atoms with E-state index in [4.69, 9.17) is 0 Å². The molecule has 0 aliphatic carbocycles. The lowest BCUT2D eigenvalue weighted by molar-refractivity contribution is 0.345. The molecule has 4 heteroatoms. The van der Waals surface area contributed by atoms with Crippen molar-refractivity contribution in [3.05, 3.63) is 41.7 Å². The summed E-state index contributed by atoms with van der Waals surface area (Å²) < 4.78 is 1.95. The molecule has 0 fully saturated rings. The lowest BCUT2D eigenvalue weighted by atomic mass is 9.91. The Morgan fingerprint density at radius 3 is 2.50 bits per heavy atom. The molecule has 0 N–H and O–H groups in total. The predicted molar refractivity (Wildman–Crippen MR) is 80.4 cm³/mol. The first-order valence-electron chi connectivity index (χ1n) is 7.33. The summed E-state index contributed by atoms with van der Waals surface area (Å²) in [6.07, 6.45) is 4.19. The van der Waals surface area contributed by atoms with Gasteiger partial charge in [0.2, 0.25) is 0 Å². The molecule has 0 saturated heterocycles. The van der Waals surface area contributed by atoms with Crippen LogP contribution in [0.5, 0.6) is 0 Å². The number of hydrogen-bond acceptors (Lipinski definition) is 3. The second kappa shape index (κ2) is 6.64. The van der Waals surface area contributed by atoms with Crippen LogP contribution >= 0.6 is 0 Å². The lowest BCUT2D eigenvalue weighted by Gasteiger charge is -2.17. The number of benzene rings is 1. The van der Waals surface area contributed by atoms with Gasteiger partial charge >= 0.3 is 0 Å². The first kappa shape index (κ1) is 14.7. The van der Waals surface area contributed by atoms with Crippen molar-refractivity contribution in [2.75, 3.05) is 0 Å². The fourth-order valence-corrected chi connectivity index (χ4v) is 2.24. The molecule has 0 radical (unpaired) electrons. The third-order valence-corrected chi connectivity index (χ3v) is 3.38. The van der Waals surface area contributed by atoms with E-state index < -0.39 is 0 Å². The minimum atomic E-state index is 0.373. The van der Waals surface area contributed by atoms with E-state index >= 15 is 0 Å². The summed E-state index contributed by atoms with van der Waals surface area (Å²) in [5.41, 5.74) is 1.70. The Morgan fingerprint density at radius 2 is 1.80 bits per heavy atom. The summed E-state index contributed by atoms with van der Waals surface area (Å²) in [5, 5.41) is 12.1. The number of rotatable bonds is 6. The second-order valence-corrected chi connectivity index (χ2v) is 6.47. The molecular formula is C16H24N4. The van der Waals surface area contributed by atoms with Gasteiger partial charge in [0.25, 0.3) is 0 Å². The summed E-state index contributed by atoms with van der Waals surface area (Å²) >= 11 is 0. The van der Waals surface area contributed by atoms with Crippen LogP contribution in [-0.4, -0.2) is 20.2 Å². The van der Waals surface area contributed by atoms with Crippen LogP contribution in [0.2, 0.25) is 0 Å². The van der Waals surface area contributed by atoms with Crippen LogP contribution in [-0.2, 0) is 19.4 Å². The smallest absolute Gasteiger partial charge is 0.151 e. The minimum Gasteiger partial charge on any atom is -0.230 e. The molecule has 0 bridgehead atoms. The normalized spacial score (nSPS) is 11.8. The molecule has 0 saturated carbocycles. The molecule has 1 aromatic heterocycles. The average Bonchev–Trinajstić information content (AvgIpc) is 2.84. The average molecular weight is 272 g/mol. The van der Waals surface area contributed by atoms with Crippen LogP contribution in [0.3, 0.4) is 0 Å². The molecule has 2 aromatic rings. The zero-order chi connectivity index (χ0) is 14.4. The van der Waals surface area contributed by atoms with Crippen LogP contribution in [0.4, 0.5) is 0 Å². The summed E-state index contributed by atoms with van der Waals surface area (Å²) in [5.74, 6) is 0.989. The van der Waals surface area contributed by atoms with Crippen LogP contribution in [0, 0.1) is 5.41 Å². The maximum atomic E-state index is 4.15. The lowest BCUT2D eigenvalue weighted by Crippen LogP contribution is -2.11. The van der Waals surface area contributed by atoms with E-state index in [1.807, 2.05) is 10.7 Å². The quantitative estimate of drug-likeness (QED) is 0.810. The highest BCUT2D eigenvalue weighted by Gasteiger charge is 2.11. The SMILES string of the molecule is CC(C)(C)CCCn1nnnc1CCc1ccccc1. The Bertz CT molecular complexity index is 511. The van der Waals surface area contributed by atoms with Crippen LogP contribution in [0.25, 0.3) is 0 Å². The first-order valence-corrected chi connectivity index (χ1v) is 7.33. The standard InChI is InChI=1S/C16H24N4/c1-16(2,3)12-7-13-20-15(17-18-19-20)11-10-14-8-5-4-6-9-14/h4-6,8-9H,7,10-13H2,1-3H3. The van der Waals surface area contributed by atoms with Crippen molar-refractivity contribution in [3.63, 3.8) is 0 Å². The maximum Gasteiger partial charge on any atom is 0.151 e. The van der Waals surface area contributed by atoms with Gasteiger partial charge < -0.3 is 0 Å². The van der Waals surface area contributed by atoms with Crippen molar-refractivity contribution in [1.29, 1.82) is 0 Å². The molecule has 0 aliphatic rings. The number of hydrogen-bond donors (Lipinski definition) is 0. The number of aromatic nitrogens is 4. The van der Waals surface area contributed by atoms with E-state index in [0.29, 0.717) is 5.41 Å². The monoisotopic (exact) mass is 272 g/mol. The Labute approximate surface area is 121 Å². The van der Waals surface area contributed by atoms with Crippen LogP contribution in [0.15, 0.2) is 30.3 Å². The second-order valence-electron chi connectivity index (χ2n) is 6.47. The van der Waals surface area contributed by atoms with Crippen molar-refractivity contribution in [2.45, 2.75) is 53.0 Å². The number of tetrazole rings is 1. The number of nitrogens with zero attached hydrogens (tertiary/aromatic N) is 4. The highest BCUT2D eigenvalue weighted by molar-refractivity contribution is 5.15. The highest BCUT2D eigenvalue weighted by Crippen LogP contribution is 2.20. The van der Waals surface area contributed by atoms with Gasteiger partial charge in [-0.15, -0.1) is 5.10 Å². The third-order valence-electron chi connectivity index (χ3n) is 3.38. The molecule has 1 heterocycles. The van der Waals surface area contributed by atoms with Crippen molar-refractivity contribution < 1.29 is 0 Å². The van der Waals surface area contributed by atoms with Crippen LogP contribution < -0.4 is 0 Å². The topological polar surface area (TPSA) is 43.6 Å². The van der Waals surface area contributed by atoms with Gasteiger partial charge in [-0.2, -0.15) is 0 Å². The fraction of sp³-hybridized carbons (Fsp3) is 0.562. The molecule has 0 unspecified atom stereocenters. The Hall–Kier alpha value is -1.71. The van der Waals surface area contributed by atoms with Gasteiger partial charge in [0.15, 0.2) is 5.82 Å². The van der Waals surface area contributed by atoms with Crippen molar-refractivity contribution in [3.8, 4) is 0 Å². The summed E-state index contributed by atoms with van der Waals surface area (Å²) in [6, 6.07) is 10.5. The minimum absolute atomic E-state index is 0.373. The van der Waals surface area contributed by atoms with Crippen LogP contribution in [0.1, 0.15) is 45.0 Å². The molecule has 20 heavy (non-hydrogen) atoms. The largest absolute Gasteiger partial charge is 0.230 e. The van der Waals surface area contributed by atoms with Gasteiger partial charge in [-0.25, -0.2) is 4.68 Å². The van der Waals surface area contributed by atoms with Gasteiger partial charge in [-0.3, -0.25) is 0 Å². The van der Waals surface area contributed by atoms with Crippen molar-refractivity contribution in [2.24, 2.45) is 5.41 Å². The van der Waals surface area contributed by atoms with E-state index in [9.17, 15) is 0 Å². The van der Waals surface area contributed by atoms with Gasteiger partial charge in [0.1, 0.15) is 0 Å². The molecule has 0 atom stereocenters. The Morgan fingerprint density at radius 1 is 1.05 bits per heavy atom. The van der Waals surface area contributed by atoms with Gasteiger partial charge in [-0.1, -0.05) is 51.1 Å². The number of aryl methyl sites for hydroxylation is 3. The molecule has 2 rings (SSSR count). The third kappa shape index (κ3) is 4.76. The Balaban J connectivity index is 1.85. The molecule has 108 valence electrons.